The lowest BCUT2D eigenvalue weighted by Gasteiger charge is -2.02. The third-order valence-electron chi connectivity index (χ3n) is 2.62. The Morgan fingerprint density at radius 3 is 2.65 bits per heavy atom. The second kappa shape index (κ2) is 4.99. The molecule has 0 atom stereocenters. The number of nitrogens with zero attached hydrogens (tertiary/aromatic N) is 1. The standard InChI is InChI=1S/C13H15FN2O/c1-2-3-12-8-13(17)16(15-12)9-10-4-6-11(14)7-5-10/h4-8,15H,2-3,9H2,1H3. The molecule has 1 aromatic carbocycles. The van der Waals surface area contributed by atoms with E-state index in [1.165, 1.54) is 16.8 Å². The molecule has 0 bridgehead atoms. The number of rotatable bonds is 4. The van der Waals surface area contributed by atoms with Crippen LogP contribution in [-0.2, 0) is 13.0 Å². The van der Waals surface area contributed by atoms with E-state index < -0.39 is 0 Å². The Bertz CT molecular complexity index is 539. The lowest BCUT2D eigenvalue weighted by atomic mass is 10.2. The van der Waals surface area contributed by atoms with Gasteiger partial charge in [0, 0.05) is 11.8 Å². The molecule has 0 amide bonds. The fraction of sp³-hybridized carbons (Fsp3) is 0.308. The molecular weight excluding hydrogens is 219 g/mol. The Kier molecular flexibility index (Phi) is 3.42. The smallest absolute Gasteiger partial charge is 0.267 e. The molecule has 1 aromatic heterocycles. The molecule has 90 valence electrons. The topological polar surface area (TPSA) is 37.8 Å². The maximum atomic E-state index is 12.7. The average molecular weight is 234 g/mol. The Hall–Kier alpha value is -1.84. The van der Waals surface area contributed by atoms with Crippen molar-refractivity contribution < 1.29 is 4.39 Å². The number of H-pyrrole nitrogens is 1. The molecule has 0 aliphatic carbocycles. The highest BCUT2D eigenvalue weighted by Crippen LogP contribution is 2.04. The Morgan fingerprint density at radius 2 is 2.00 bits per heavy atom. The van der Waals surface area contributed by atoms with Crippen LogP contribution in [0.2, 0.25) is 0 Å². The molecule has 0 spiro atoms. The van der Waals surface area contributed by atoms with Crippen LogP contribution in [0.25, 0.3) is 0 Å². The first-order valence-electron chi connectivity index (χ1n) is 5.72. The van der Waals surface area contributed by atoms with Crippen LogP contribution in [0.15, 0.2) is 35.1 Å². The van der Waals surface area contributed by atoms with Gasteiger partial charge in [-0.3, -0.25) is 9.89 Å². The van der Waals surface area contributed by atoms with Crippen LogP contribution in [-0.4, -0.2) is 9.78 Å². The number of benzene rings is 1. The van der Waals surface area contributed by atoms with Crippen molar-refractivity contribution in [3.63, 3.8) is 0 Å². The SMILES string of the molecule is CCCc1cc(=O)n(Cc2ccc(F)cc2)[nH]1. The third-order valence-corrected chi connectivity index (χ3v) is 2.62. The van der Waals surface area contributed by atoms with E-state index in [0.717, 1.165) is 24.1 Å². The lowest BCUT2D eigenvalue weighted by molar-refractivity contribution is 0.621. The minimum absolute atomic E-state index is 0.0437. The molecule has 2 aromatic rings. The highest BCUT2D eigenvalue weighted by Gasteiger charge is 2.03. The summed E-state index contributed by atoms with van der Waals surface area (Å²) in [5, 5.41) is 3.06. The summed E-state index contributed by atoms with van der Waals surface area (Å²) in [6, 6.07) is 7.78. The summed E-state index contributed by atoms with van der Waals surface area (Å²) in [7, 11) is 0. The van der Waals surface area contributed by atoms with Crippen LogP contribution in [0, 0.1) is 5.82 Å². The van der Waals surface area contributed by atoms with E-state index in [-0.39, 0.29) is 11.4 Å². The van der Waals surface area contributed by atoms with Gasteiger partial charge in [0.25, 0.3) is 5.56 Å². The second-order valence-corrected chi connectivity index (χ2v) is 4.08. The number of aromatic nitrogens is 2. The molecule has 0 unspecified atom stereocenters. The molecule has 0 aliphatic heterocycles. The van der Waals surface area contributed by atoms with Crippen molar-refractivity contribution >= 4 is 0 Å². The predicted molar refractivity (Wildman–Crippen MR) is 64.5 cm³/mol. The van der Waals surface area contributed by atoms with E-state index >= 15 is 0 Å². The number of hydrogen-bond acceptors (Lipinski definition) is 1. The zero-order chi connectivity index (χ0) is 12.3. The number of nitrogens with one attached hydrogen (secondary N) is 1. The third kappa shape index (κ3) is 2.84. The van der Waals surface area contributed by atoms with Crippen molar-refractivity contribution in [3.05, 3.63) is 57.8 Å². The minimum Gasteiger partial charge on any atom is -0.299 e. The zero-order valence-electron chi connectivity index (χ0n) is 9.74. The van der Waals surface area contributed by atoms with Crippen molar-refractivity contribution in [2.75, 3.05) is 0 Å². The fourth-order valence-electron chi connectivity index (χ4n) is 1.77. The highest BCUT2D eigenvalue weighted by molar-refractivity contribution is 5.16. The van der Waals surface area contributed by atoms with Gasteiger partial charge in [-0.05, 0) is 24.1 Å². The first kappa shape index (κ1) is 11.6. The normalized spacial score (nSPS) is 10.7. The molecule has 0 aliphatic rings. The molecule has 0 fully saturated rings. The predicted octanol–water partition coefficient (Wildman–Crippen LogP) is 2.32. The van der Waals surface area contributed by atoms with Gasteiger partial charge in [-0.15, -0.1) is 0 Å². The quantitative estimate of drug-likeness (QED) is 0.866. The summed E-state index contributed by atoms with van der Waals surface area (Å²) >= 11 is 0. The maximum absolute atomic E-state index is 12.7. The molecule has 4 heteroatoms. The molecule has 0 saturated heterocycles. The molecule has 1 heterocycles. The van der Waals surface area contributed by atoms with E-state index in [4.69, 9.17) is 0 Å². The minimum atomic E-state index is -0.265. The Morgan fingerprint density at radius 1 is 1.29 bits per heavy atom. The lowest BCUT2D eigenvalue weighted by Crippen LogP contribution is -2.16. The second-order valence-electron chi connectivity index (χ2n) is 4.08. The number of aryl methyl sites for hydroxylation is 1. The van der Waals surface area contributed by atoms with Crippen LogP contribution < -0.4 is 5.56 Å². The van der Waals surface area contributed by atoms with Crippen LogP contribution in [0.3, 0.4) is 0 Å². The Balaban J connectivity index is 2.18. The zero-order valence-corrected chi connectivity index (χ0v) is 9.74. The van der Waals surface area contributed by atoms with Gasteiger partial charge in [0.15, 0.2) is 0 Å². The molecule has 0 radical (unpaired) electrons. The number of hydrogen-bond donors (Lipinski definition) is 1. The van der Waals surface area contributed by atoms with Crippen molar-refractivity contribution in [2.24, 2.45) is 0 Å². The molecule has 0 saturated carbocycles. The summed E-state index contributed by atoms with van der Waals surface area (Å²) < 4.78 is 14.3. The van der Waals surface area contributed by atoms with Gasteiger partial charge in [-0.2, -0.15) is 0 Å². The number of aromatic amines is 1. The molecule has 2 rings (SSSR count). The van der Waals surface area contributed by atoms with Crippen molar-refractivity contribution in [1.29, 1.82) is 0 Å². The van der Waals surface area contributed by atoms with Gasteiger partial charge in [0.2, 0.25) is 0 Å². The van der Waals surface area contributed by atoms with E-state index in [1.807, 2.05) is 0 Å². The first-order chi connectivity index (χ1) is 8.19. The van der Waals surface area contributed by atoms with E-state index in [9.17, 15) is 9.18 Å². The van der Waals surface area contributed by atoms with E-state index in [1.54, 1.807) is 18.2 Å². The van der Waals surface area contributed by atoms with Gasteiger partial charge in [0.1, 0.15) is 5.82 Å². The summed E-state index contributed by atoms with van der Waals surface area (Å²) in [5.74, 6) is -0.265. The van der Waals surface area contributed by atoms with Crippen molar-refractivity contribution in [3.8, 4) is 0 Å². The van der Waals surface area contributed by atoms with Crippen LogP contribution in [0.1, 0.15) is 24.6 Å². The summed E-state index contributed by atoms with van der Waals surface area (Å²) in [6.45, 7) is 2.51. The van der Waals surface area contributed by atoms with Crippen LogP contribution >= 0.6 is 0 Å². The van der Waals surface area contributed by atoms with Crippen LogP contribution in [0.5, 0.6) is 0 Å². The van der Waals surface area contributed by atoms with Gasteiger partial charge < -0.3 is 0 Å². The van der Waals surface area contributed by atoms with Crippen molar-refractivity contribution in [2.45, 2.75) is 26.3 Å². The van der Waals surface area contributed by atoms with Crippen LogP contribution in [0.4, 0.5) is 4.39 Å². The largest absolute Gasteiger partial charge is 0.299 e. The van der Waals surface area contributed by atoms with E-state index in [2.05, 4.69) is 12.0 Å². The average Bonchev–Trinajstić information content (AvgIpc) is 2.63. The maximum Gasteiger partial charge on any atom is 0.267 e. The summed E-state index contributed by atoms with van der Waals surface area (Å²) in [4.78, 5) is 11.6. The van der Waals surface area contributed by atoms with Gasteiger partial charge >= 0.3 is 0 Å². The van der Waals surface area contributed by atoms with Crippen molar-refractivity contribution in [1.82, 2.24) is 9.78 Å². The first-order valence-corrected chi connectivity index (χ1v) is 5.72. The Labute approximate surface area is 98.9 Å². The summed E-state index contributed by atoms with van der Waals surface area (Å²) in [6.07, 6.45) is 1.86. The van der Waals surface area contributed by atoms with E-state index in [0.29, 0.717) is 6.54 Å². The fourth-order valence-corrected chi connectivity index (χ4v) is 1.77. The monoisotopic (exact) mass is 234 g/mol. The molecular formula is C13H15FN2O. The molecule has 17 heavy (non-hydrogen) atoms. The summed E-state index contributed by atoms with van der Waals surface area (Å²) in [5.41, 5.74) is 1.80. The molecule has 3 nitrogen and oxygen atoms in total. The molecule has 1 N–H and O–H groups in total. The highest BCUT2D eigenvalue weighted by atomic mass is 19.1. The van der Waals surface area contributed by atoms with Gasteiger partial charge in [-0.25, -0.2) is 9.07 Å². The number of halogens is 1. The van der Waals surface area contributed by atoms with Gasteiger partial charge in [-0.1, -0.05) is 25.5 Å². The van der Waals surface area contributed by atoms with Gasteiger partial charge in [0.05, 0.1) is 6.54 Å².